The molecule has 0 bridgehead atoms. The summed E-state index contributed by atoms with van der Waals surface area (Å²) in [5.74, 6) is 0.229. The molecule has 0 heterocycles. The van der Waals surface area contributed by atoms with E-state index in [2.05, 4.69) is 27.9 Å². The monoisotopic (exact) mass is 566 g/mol. The van der Waals surface area contributed by atoms with E-state index in [1.807, 2.05) is 19.1 Å². The van der Waals surface area contributed by atoms with Gasteiger partial charge in [-0.3, -0.25) is 9.10 Å². The number of nitrogens with one attached hydrogen (secondary N) is 1. The first-order valence-corrected chi connectivity index (χ1v) is 12.1. The Morgan fingerprint density at radius 1 is 0.969 bits per heavy atom. The predicted octanol–water partition coefficient (Wildman–Crippen LogP) is 4.45. The van der Waals surface area contributed by atoms with E-state index in [0.29, 0.717) is 17.1 Å². The van der Waals surface area contributed by atoms with E-state index in [0.717, 1.165) is 13.4 Å². The van der Waals surface area contributed by atoms with Crippen molar-refractivity contribution in [2.24, 2.45) is 0 Å². The molecule has 0 aromatic heterocycles. The van der Waals surface area contributed by atoms with Crippen molar-refractivity contribution >= 4 is 49.9 Å². The molecule has 0 radical (unpaired) electrons. The zero-order valence-electron chi connectivity index (χ0n) is 17.8. The summed E-state index contributed by atoms with van der Waals surface area (Å²) in [4.78, 5) is 12.9. The Balaban J connectivity index is 1.96. The van der Waals surface area contributed by atoms with Crippen LogP contribution in [0.25, 0.3) is 0 Å². The zero-order chi connectivity index (χ0) is 23.3. The smallest absolute Gasteiger partial charge is 0.264 e. The minimum Gasteiger partial charge on any atom is -0.493 e. The van der Waals surface area contributed by atoms with Crippen LogP contribution >= 0.6 is 22.6 Å². The molecule has 0 atom stereocenters. The lowest BCUT2D eigenvalue weighted by molar-refractivity contribution is -0.114. The topological polar surface area (TPSA) is 84.9 Å². The normalized spacial score (nSPS) is 11.0. The highest BCUT2D eigenvalue weighted by atomic mass is 127. The van der Waals surface area contributed by atoms with Gasteiger partial charge in [0.1, 0.15) is 6.54 Å². The number of halogens is 1. The fraction of sp³-hybridized carbons (Fsp3) is 0.174. The second kappa shape index (κ2) is 10.2. The van der Waals surface area contributed by atoms with Crippen LogP contribution in [0.5, 0.6) is 11.5 Å². The fourth-order valence-corrected chi connectivity index (χ4v) is 5.18. The standard InChI is InChI=1S/C23H23IN2O5S/c1-16-13-17(24)9-11-20(16)25-23(27)15-26(18-7-5-4-6-8-18)32(28,29)19-10-12-21(30-2)22(14-19)31-3/h4-14H,15H2,1-3H3,(H,25,27). The van der Waals surface area contributed by atoms with Crippen LogP contribution in [0.4, 0.5) is 11.4 Å². The molecule has 0 saturated heterocycles. The summed E-state index contributed by atoms with van der Waals surface area (Å²) in [6, 6.07) is 18.4. The summed E-state index contributed by atoms with van der Waals surface area (Å²) in [6.45, 7) is 1.49. The average Bonchev–Trinajstić information content (AvgIpc) is 2.79. The SMILES string of the molecule is COc1ccc(S(=O)(=O)N(CC(=O)Nc2ccc(I)cc2C)c2ccccc2)cc1OC. The summed E-state index contributed by atoms with van der Waals surface area (Å²) in [7, 11) is -1.18. The molecule has 3 aromatic rings. The Morgan fingerprint density at radius 2 is 1.66 bits per heavy atom. The van der Waals surface area contributed by atoms with Crippen LogP contribution in [-0.4, -0.2) is 35.1 Å². The molecule has 0 unspecified atom stereocenters. The Kier molecular flexibility index (Phi) is 7.62. The van der Waals surface area contributed by atoms with Gasteiger partial charge >= 0.3 is 0 Å². The average molecular weight is 566 g/mol. The molecule has 32 heavy (non-hydrogen) atoms. The number of benzene rings is 3. The number of nitrogens with zero attached hydrogens (tertiary/aromatic N) is 1. The van der Waals surface area contributed by atoms with E-state index < -0.39 is 22.5 Å². The van der Waals surface area contributed by atoms with Gasteiger partial charge in [0, 0.05) is 15.3 Å². The number of methoxy groups -OCH3 is 2. The Morgan fingerprint density at radius 3 is 2.28 bits per heavy atom. The van der Waals surface area contributed by atoms with Gasteiger partial charge in [0.05, 0.1) is 24.8 Å². The van der Waals surface area contributed by atoms with E-state index in [1.54, 1.807) is 36.4 Å². The van der Waals surface area contributed by atoms with Crippen LogP contribution in [0.3, 0.4) is 0 Å². The lowest BCUT2D eigenvalue weighted by Gasteiger charge is -2.24. The van der Waals surface area contributed by atoms with Gasteiger partial charge in [-0.1, -0.05) is 18.2 Å². The van der Waals surface area contributed by atoms with Crippen LogP contribution in [0.2, 0.25) is 0 Å². The van der Waals surface area contributed by atoms with Crippen molar-refractivity contribution in [3.8, 4) is 11.5 Å². The van der Waals surface area contributed by atoms with Crippen LogP contribution in [0.15, 0.2) is 71.6 Å². The molecular formula is C23H23IN2O5S. The quantitative estimate of drug-likeness (QED) is 0.408. The molecule has 0 fully saturated rings. The second-order valence-electron chi connectivity index (χ2n) is 6.87. The number of ether oxygens (including phenoxy) is 2. The van der Waals surface area contributed by atoms with Crippen molar-refractivity contribution in [1.82, 2.24) is 0 Å². The third kappa shape index (κ3) is 5.33. The largest absolute Gasteiger partial charge is 0.493 e. The van der Waals surface area contributed by atoms with Gasteiger partial charge in [-0.25, -0.2) is 8.42 Å². The molecule has 0 aliphatic carbocycles. The molecule has 0 spiro atoms. The number of anilines is 2. The second-order valence-corrected chi connectivity index (χ2v) is 9.98. The number of rotatable bonds is 8. The minimum absolute atomic E-state index is 0.0164. The third-order valence-corrected chi connectivity index (χ3v) is 7.18. The Hall–Kier alpha value is -2.79. The molecule has 7 nitrogen and oxygen atoms in total. The summed E-state index contributed by atoms with van der Waals surface area (Å²) >= 11 is 2.19. The maximum Gasteiger partial charge on any atom is 0.264 e. The first-order chi connectivity index (χ1) is 15.3. The number of para-hydroxylation sites is 1. The molecular weight excluding hydrogens is 543 g/mol. The van der Waals surface area contributed by atoms with Crippen molar-refractivity contribution in [2.75, 3.05) is 30.4 Å². The number of carbonyl (C=O) groups is 1. The van der Waals surface area contributed by atoms with Crippen molar-refractivity contribution < 1.29 is 22.7 Å². The number of amides is 1. The van der Waals surface area contributed by atoms with Gasteiger partial charge in [0.2, 0.25) is 5.91 Å². The summed E-state index contributed by atoms with van der Waals surface area (Å²) in [5, 5.41) is 2.81. The third-order valence-electron chi connectivity index (χ3n) is 4.74. The predicted molar refractivity (Wildman–Crippen MR) is 133 cm³/mol. The number of sulfonamides is 1. The maximum absolute atomic E-state index is 13.5. The molecule has 1 N–H and O–H groups in total. The van der Waals surface area contributed by atoms with Crippen LogP contribution in [0, 0.1) is 10.5 Å². The highest BCUT2D eigenvalue weighted by Crippen LogP contribution is 2.32. The number of aryl methyl sites for hydroxylation is 1. The highest BCUT2D eigenvalue weighted by molar-refractivity contribution is 14.1. The van der Waals surface area contributed by atoms with Crippen molar-refractivity contribution in [2.45, 2.75) is 11.8 Å². The molecule has 168 valence electrons. The van der Waals surface area contributed by atoms with Gasteiger partial charge in [0.25, 0.3) is 10.0 Å². The number of hydrogen-bond acceptors (Lipinski definition) is 5. The highest BCUT2D eigenvalue weighted by Gasteiger charge is 2.28. The van der Waals surface area contributed by atoms with Crippen molar-refractivity contribution in [1.29, 1.82) is 0 Å². The maximum atomic E-state index is 13.5. The van der Waals surface area contributed by atoms with Gasteiger partial charge in [-0.05, 0) is 77.5 Å². The molecule has 9 heteroatoms. The van der Waals surface area contributed by atoms with Gasteiger partial charge in [-0.2, -0.15) is 0 Å². The van der Waals surface area contributed by atoms with Gasteiger partial charge in [-0.15, -0.1) is 0 Å². The van der Waals surface area contributed by atoms with E-state index in [-0.39, 0.29) is 10.6 Å². The van der Waals surface area contributed by atoms with E-state index >= 15 is 0 Å². The zero-order valence-corrected chi connectivity index (χ0v) is 20.8. The van der Waals surface area contributed by atoms with Crippen LogP contribution < -0.4 is 19.1 Å². The summed E-state index contributed by atoms with van der Waals surface area (Å²) in [6.07, 6.45) is 0. The van der Waals surface area contributed by atoms with Crippen LogP contribution in [-0.2, 0) is 14.8 Å². The molecule has 0 saturated carbocycles. The number of hydrogen-bond donors (Lipinski definition) is 1. The molecule has 0 aliphatic rings. The van der Waals surface area contributed by atoms with Crippen molar-refractivity contribution in [3.63, 3.8) is 0 Å². The first kappa shape index (κ1) is 23.9. The van der Waals surface area contributed by atoms with E-state index in [4.69, 9.17) is 9.47 Å². The molecule has 1 amide bonds. The van der Waals surface area contributed by atoms with E-state index in [9.17, 15) is 13.2 Å². The molecule has 3 rings (SSSR count). The van der Waals surface area contributed by atoms with Crippen molar-refractivity contribution in [3.05, 3.63) is 75.9 Å². The number of carbonyl (C=O) groups excluding carboxylic acids is 1. The minimum atomic E-state index is -4.08. The lowest BCUT2D eigenvalue weighted by atomic mass is 10.2. The summed E-state index contributed by atoms with van der Waals surface area (Å²) < 4.78 is 39.7. The molecule has 3 aromatic carbocycles. The molecule has 0 aliphatic heterocycles. The van der Waals surface area contributed by atoms with E-state index in [1.165, 1.54) is 32.4 Å². The van der Waals surface area contributed by atoms with Crippen LogP contribution in [0.1, 0.15) is 5.56 Å². The van der Waals surface area contributed by atoms with Gasteiger partial charge < -0.3 is 14.8 Å². The lowest BCUT2D eigenvalue weighted by Crippen LogP contribution is -2.38. The van der Waals surface area contributed by atoms with Gasteiger partial charge in [0.15, 0.2) is 11.5 Å². The fourth-order valence-electron chi connectivity index (χ4n) is 3.10. The summed E-state index contributed by atoms with van der Waals surface area (Å²) in [5.41, 5.74) is 1.89. The first-order valence-electron chi connectivity index (χ1n) is 9.62. The Labute approximate surface area is 201 Å². The Bertz CT molecular complexity index is 1220.